The van der Waals surface area contributed by atoms with E-state index in [0.29, 0.717) is 12.3 Å². The molecule has 0 saturated heterocycles. The van der Waals surface area contributed by atoms with E-state index >= 15 is 0 Å². The van der Waals surface area contributed by atoms with Crippen LogP contribution in [-0.4, -0.2) is 17.1 Å². The zero-order valence-corrected chi connectivity index (χ0v) is 17.3. The van der Waals surface area contributed by atoms with Crippen LogP contribution in [0.25, 0.3) is 0 Å². The lowest BCUT2D eigenvalue weighted by Crippen LogP contribution is -2.50. The van der Waals surface area contributed by atoms with Gasteiger partial charge in [0.2, 0.25) is 0 Å². The van der Waals surface area contributed by atoms with Gasteiger partial charge in [-0.05, 0) is 59.9 Å². The molecule has 0 fully saturated rings. The molecule has 3 N–H and O–H groups in total. The molecule has 0 heterocycles. The zero-order chi connectivity index (χ0) is 20.7. The maximum absolute atomic E-state index is 12.9. The molecule has 1 amide bonds. The molecule has 28 heavy (non-hydrogen) atoms. The highest BCUT2D eigenvalue weighted by molar-refractivity contribution is 7.80. The Hall–Kier alpha value is -2.67. The normalized spacial score (nSPS) is 12.0. The monoisotopic (exact) mass is 403 g/mol. The maximum atomic E-state index is 12.9. The van der Waals surface area contributed by atoms with Gasteiger partial charge in [0.25, 0.3) is 5.91 Å². The van der Waals surface area contributed by atoms with Gasteiger partial charge in [-0.2, -0.15) is 0 Å². The Bertz CT molecular complexity index is 802. The second kappa shape index (κ2) is 9.50. The van der Waals surface area contributed by atoms with Crippen molar-refractivity contribution in [3.05, 3.63) is 65.5 Å². The molecule has 0 spiro atoms. The second-order valence-electron chi connectivity index (χ2n) is 7.46. The molecule has 7 heteroatoms. The van der Waals surface area contributed by atoms with Gasteiger partial charge >= 0.3 is 0 Å². The van der Waals surface area contributed by atoms with Crippen molar-refractivity contribution >= 4 is 23.2 Å². The van der Waals surface area contributed by atoms with Crippen molar-refractivity contribution in [1.29, 1.82) is 0 Å². The first-order valence-electron chi connectivity index (χ1n) is 9.00. The molecule has 0 aliphatic rings. The van der Waals surface area contributed by atoms with Gasteiger partial charge in [0.15, 0.2) is 11.2 Å². The minimum Gasteiger partial charge on any atom is -0.481 e. The third kappa shape index (κ3) is 6.81. The van der Waals surface area contributed by atoms with E-state index in [2.05, 4.69) is 36.9 Å². The number of carbonyl (C=O) groups excluding carboxylic acids is 1. The smallest absolute Gasteiger partial charge is 0.279 e. The van der Waals surface area contributed by atoms with Gasteiger partial charge in [-0.15, -0.1) is 0 Å². The van der Waals surface area contributed by atoms with Gasteiger partial charge in [-0.1, -0.05) is 45.0 Å². The summed E-state index contributed by atoms with van der Waals surface area (Å²) in [6.07, 6.45) is -0.701. The minimum atomic E-state index is -0.701. The average Bonchev–Trinajstić information content (AvgIpc) is 2.65. The molecule has 0 aliphatic carbocycles. The molecule has 5 nitrogen and oxygen atoms in total. The lowest BCUT2D eigenvalue weighted by molar-refractivity contribution is -0.127. The third-order valence-electron chi connectivity index (χ3n) is 4.07. The van der Waals surface area contributed by atoms with E-state index in [4.69, 9.17) is 17.0 Å². The van der Waals surface area contributed by atoms with Crippen molar-refractivity contribution < 1.29 is 13.9 Å². The number of hydrogen-bond acceptors (Lipinski definition) is 3. The van der Waals surface area contributed by atoms with Crippen LogP contribution in [0.2, 0.25) is 0 Å². The fraction of sp³-hybridized carbons (Fsp3) is 0.333. The summed E-state index contributed by atoms with van der Waals surface area (Å²) in [4.78, 5) is 12.2. The minimum absolute atomic E-state index is 0.0576. The Morgan fingerprint density at radius 2 is 1.68 bits per heavy atom. The number of hydrogen-bond donors (Lipinski definition) is 3. The third-order valence-corrected chi connectivity index (χ3v) is 4.31. The number of benzene rings is 2. The lowest BCUT2D eigenvalue weighted by atomic mass is 9.87. The number of halogens is 1. The van der Waals surface area contributed by atoms with E-state index in [9.17, 15) is 9.18 Å². The van der Waals surface area contributed by atoms with Crippen LogP contribution in [0.1, 0.15) is 38.8 Å². The number of carbonyl (C=O) groups is 1. The van der Waals surface area contributed by atoms with Crippen LogP contribution in [0.5, 0.6) is 5.75 Å². The standard InChI is InChI=1S/C21H26FN3O2S/c1-14(27-18-11-7-16(8-12-18)21(2,3)4)19(26)24-25-20(28)23-13-15-5-9-17(22)10-6-15/h5-12,14H,13H2,1-4H3,(H,24,26)(H2,23,25,28)/t14-/m1/s1. The molecule has 2 aromatic carbocycles. The van der Waals surface area contributed by atoms with Crippen LogP contribution in [0.3, 0.4) is 0 Å². The highest BCUT2D eigenvalue weighted by atomic mass is 32.1. The Morgan fingerprint density at radius 3 is 2.25 bits per heavy atom. The van der Waals surface area contributed by atoms with E-state index in [1.165, 1.54) is 17.7 Å². The fourth-order valence-electron chi connectivity index (χ4n) is 2.34. The molecule has 0 bridgehead atoms. The highest BCUT2D eigenvalue weighted by Crippen LogP contribution is 2.24. The maximum Gasteiger partial charge on any atom is 0.279 e. The number of hydrazine groups is 1. The van der Waals surface area contributed by atoms with Crippen molar-refractivity contribution in [2.45, 2.75) is 45.8 Å². The summed E-state index contributed by atoms with van der Waals surface area (Å²) < 4.78 is 18.5. The number of ether oxygens (including phenoxy) is 1. The predicted molar refractivity (Wildman–Crippen MR) is 112 cm³/mol. The fourth-order valence-corrected chi connectivity index (χ4v) is 2.46. The molecule has 0 radical (unpaired) electrons. The Balaban J connectivity index is 1.75. The molecule has 1 atom stereocenters. The first-order valence-corrected chi connectivity index (χ1v) is 9.41. The van der Waals surface area contributed by atoms with Crippen LogP contribution in [-0.2, 0) is 16.8 Å². The van der Waals surface area contributed by atoms with Crippen LogP contribution < -0.4 is 20.9 Å². The summed E-state index contributed by atoms with van der Waals surface area (Å²) in [6.45, 7) is 8.48. The van der Waals surface area contributed by atoms with E-state index in [0.717, 1.165) is 5.56 Å². The molecule has 0 saturated carbocycles. The SMILES string of the molecule is C[C@@H](Oc1ccc(C(C)(C)C)cc1)C(=O)NNC(=S)NCc1ccc(F)cc1. The summed E-state index contributed by atoms with van der Waals surface area (Å²) in [5.41, 5.74) is 7.25. The molecule has 2 rings (SSSR count). The van der Waals surface area contributed by atoms with Crippen molar-refractivity contribution in [3.8, 4) is 5.75 Å². The van der Waals surface area contributed by atoms with Gasteiger partial charge in [0.1, 0.15) is 11.6 Å². The van der Waals surface area contributed by atoms with Crippen molar-refractivity contribution in [2.24, 2.45) is 0 Å². The summed E-state index contributed by atoms with van der Waals surface area (Å²) >= 11 is 5.11. The van der Waals surface area contributed by atoms with Crippen LogP contribution in [0.15, 0.2) is 48.5 Å². The Kier molecular flexibility index (Phi) is 7.34. The summed E-state index contributed by atoms with van der Waals surface area (Å²) in [7, 11) is 0. The molecular weight excluding hydrogens is 377 g/mol. The lowest BCUT2D eigenvalue weighted by Gasteiger charge is -2.20. The zero-order valence-electron chi connectivity index (χ0n) is 16.5. The van der Waals surface area contributed by atoms with Gasteiger partial charge in [-0.3, -0.25) is 15.6 Å². The Labute approximate surface area is 170 Å². The summed E-state index contributed by atoms with van der Waals surface area (Å²) in [5.74, 6) is -0.0303. The van der Waals surface area contributed by atoms with Crippen LogP contribution in [0.4, 0.5) is 4.39 Å². The van der Waals surface area contributed by atoms with Crippen molar-refractivity contribution in [3.63, 3.8) is 0 Å². The molecular formula is C21H26FN3O2S. The van der Waals surface area contributed by atoms with Gasteiger partial charge in [-0.25, -0.2) is 4.39 Å². The van der Waals surface area contributed by atoms with E-state index in [1.807, 2.05) is 24.3 Å². The van der Waals surface area contributed by atoms with Gasteiger partial charge in [0.05, 0.1) is 0 Å². The van der Waals surface area contributed by atoms with E-state index in [1.54, 1.807) is 19.1 Å². The molecule has 0 aliphatic heterocycles. The van der Waals surface area contributed by atoms with E-state index in [-0.39, 0.29) is 22.3 Å². The molecule has 0 aromatic heterocycles. The summed E-state index contributed by atoms with van der Waals surface area (Å²) in [5, 5.41) is 3.17. The van der Waals surface area contributed by atoms with Gasteiger partial charge in [0, 0.05) is 6.54 Å². The topological polar surface area (TPSA) is 62.4 Å². The number of amides is 1. The largest absolute Gasteiger partial charge is 0.481 e. The van der Waals surface area contributed by atoms with Crippen molar-refractivity contribution in [2.75, 3.05) is 0 Å². The first-order chi connectivity index (χ1) is 13.1. The predicted octanol–water partition coefficient (Wildman–Crippen LogP) is 3.59. The van der Waals surface area contributed by atoms with Gasteiger partial charge < -0.3 is 10.1 Å². The van der Waals surface area contributed by atoms with E-state index < -0.39 is 6.10 Å². The highest BCUT2D eigenvalue weighted by Gasteiger charge is 2.16. The number of nitrogens with one attached hydrogen (secondary N) is 3. The quantitative estimate of drug-likeness (QED) is 0.526. The summed E-state index contributed by atoms with van der Waals surface area (Å²) in [6, 6.07) is 13.8. The average molecular weight is 404 g/mol. The molecule has 0 unspecified atom stereocenters. The number of thiocarbonyl (C=S) groups is 1. The van der Waals surface area contributed by atoms with Crippen molar-refractivity contribution in [1.82, 2.24) is 16.2 Å². The first kappa shape index (κ1) is 21.6. The van der Waals surface area contributed by atoms with Crippen LogP contribution in [0, 0.1) is 5.82 Å². The van der Waals surface area contributed by atoms with Crippen LogP contribution >= 0.6 is 12.2 Å². The second-order valence-corrected chi connectivity index (χ2v) is 7.87. The molecule has 2 aromatic rings. The Morgan fingerprint density at radius 1 is 1.07 bits per heavy atom. The molecule has 150 valence electrons. The number of rotatable bonds is 5.